The van der Waals surface area contributed by atoms with Gasteiger partial charge in [-0.05, 0) is 26.2 Å². The van der Waals surface area contributed by atoms with E-state index in [1.54, 1.807) is 6.20 Å². The predicted molar refractivity (Wildman–Crippen MR) is 90.1 cm³/mol. The number of rotatable bonds is 3. The quantitative estimate of drug-likeness (QED) is 0.797. The standard InChI is InChI=1S/C15H24ClN3O2.CH2O2/c1-14(20)4-9-21-15(12-14)2-5-18(6-3-15)7-8-19-11-13(16)10-17-19;2-1-3/h10-11,20H,2-9,12H2,1H3;1H,(H,2,3). The summed E-state index contributed by atoms with van der Waals surface area (Å²) in [4.78, 5) is 10.8. The molecule has 24 heavy (non-hydrogen) atoms. The van der Waals surface area contributed by atoms with E-state index in [-0.39, 0.29) is 12.1 Å². The normalized spacial score (nSPS) is 26.6. The van der Waals surface area contributed by atoms with Crippen LogP contribution in [0.15, 0.2) is 12.4 Å². The number of ether oxygens (including phenoxy) is 1. The summed E-state index contributed by atoms with van der Waals surface area (Å²) in [6.45, 7) is 6.24. The third-order valence-corrected chi connectivity index (χ3v) is 4.96. The SMILES string of the molecule is CC1(O)CCOC2(CCN(CCn3cc(Cl)cn3)CC2)C1.O=CO. The molecule has 0 saturated carbocycles. The zero-order valence-electron chi connectivity index (χ0n) is 14.0. The molecule has 1 unspecified atom stereocenters. The summed E-state index contributed by atoms with van der Waals surface area (Å²) in [5.41, 5.74) is -0.667. The monoisotopic (exact) mass is 359 g/mol. The van der Waals surface area contributed by atoms with Crippen LogP contribution in [0, 0.1) is 0 Å². The van der Waals surface area contributed by atoms with Crippen LogP contribution in [0.4, 0.5) is 0 Å². The second kappa shape index (κ2) is 8.29. The predicted octanol–water partition coefficient (Wildman–Crippen LogP) is 1.63. The molecule has 3 rings (SSSR count). The van der Waals surface area contributed by atoms with Crippen molar-refractivity contribution in [2.24, 2.45) is 0 Å². The highest BCUT2D eigenvalue weighted by atomic mass is 35.5. The van der Waals surface area contributed by atoms with Crippen LogP contribution in [-0.4, -0.2) is 68.8 Å². The summed E-state index contributed by atoms with van der Waals surface area (Å²) in [6.07, 6.45) is 7.05. The van der Waals surface area contributed by atoms with Gasteiger partial charge in [-0.15, -0.1) is 0 Å². The number of likely N-dealkylation sites (tertiary alicyclic amines) is 1. The van der Waals surface area contributed by atoms with Gasteiger partial charge in [0.1, 0.15) is 0 Å². The number of carboxylic acid groups (broad SMARTS) is 1. The summed E-state index contributed by atoms with van der Waals surface area (Å²) in [7, 11) is 0. The number of aliphatic hydroxyl groups is 1. The molecule has 136 valence electrons. The minimum absolute atomic E-state index is 0.104. The average Bonchev–Trinajstić information content (AvgIpc) is 2.92. The number of halogens is 1. The number of aromatic nitrogens is 2. The Balaban J connectivity index is 0.000000647. The van der Waals surface area contributed by atoms with Crippen molar-refractivity contribution < 1.29 is 19.7 Å². The first-order valence-corrected chi connectivity index (χ1v) is 8.60. The third-order valence-electron chi connectivity index (χ3n) is 4.77. The van der Waals surface area contributed by atoms with Crippen molar-refractivity contribution in [2.75, 3.05) is 26.2 Å². The van der Waals surface area contributed by atoms with Crippen molar-refractivity contribution in [1.82, 2.24) is 14.7 Å². The molecule has 7 nitrogen and oxygen atoms in total. The molecule has 2 fully saturated rings. The Morgan fingerprint density at radius 1 is 1.38 bits per heavy atom. The van der Waals surface area contributed by atoms with Crippen LogP contribution in [0.25, 0.3) is 0 Å². The van der Waals surface area contributed by atoms with Crippen molar-refractivity contribution in [1.29, 1.82) is 0 Å². The first kappa shape index (κ1) is 19.2. The Hall–Kier alpha value is -1.15. The fourth-order valence-corrected chi connectivity index (χ4v) is 3.69. The molecular weight excluding hydrogens is 334 g/mol. The summed E-state index contributed by atoms with van der Waals surface area (Å²) in [6, 6.07) is 0. The minimum Gasteiger partial charge on any atom is -0.483 e. The molecule has 2 aliphatic heterocycles. The zero-order valence-corrected chi connectivity index (χ0v) is 14.8. The highest BCUT2D eigenvalue weighted by Gasteiger charge is 2.44. The van der Waals surface area contributed by atoms with Crippen molar-refractivity contribution in [3.63, 3.8) is 0 Å². The molecule has 0 aliphatic carbocycles. The van der Waals surface area contributed by atoms with Crippen LogP contribution >= 0.6 is 11.6 Å². The van der Waals surface area contributed by atoms with Crippen LogP contribution in [0.3, 0.4) is 0 Å². The number of nitrogens with zero attached hydrogens (tertiary/aromatic N) is 3. The highest BCUT2D eigenvalue weighted by Crippen LogP contribution is 2.39. The molecule has 1 atom stereocenters. The van der Waals surface area contributed by atoms with Crippen molar-refractivity contribution in [2.45, 2.75) is 50.4 Å². The lowest BCUT2D eigenvalue weighted by Crippen LogP contribution is -2.53. The molecule has 3 heterocycles. The third kappa shape index (κ3) is 5.44. The van der Waals surface area contributed by atoms with E-state index in [1.165, 1.54) is 0 Å². The molecule has 0 amide bonds. The number of hydrogen-bond donors (Lipinski definition) is 2. The molecule has 2 saturated heterocycles. The second-order valence-corrected chi connectivity index (χ2v) is 7.26. The lowest BCUT2D eigenvalue weighted by Gasteiger charge is -2.48. The van der Waals surface area contributed by atoms with Gasteiger partial charge in [0.25, 0.3) is 6.47 Å². The summed E-state index contributed by atoms with van der Waals surface area (Å²) in [5, 5.41) is 22.1. The van der Waals surface area contributed by atoms with E-state index in [0.29, 0.717) is 11.6 Å². The zero-order chi connectivity index (χ0) is 17.6. The summed E-state index contributed by atoms with van der Waals surface area (Å²) in [5.74, 6) is 0. The maximum Gasteiger partial charge on any atom is 0.290 e. The van der Waals surface area contributed by atoms with Gasteiger partial charge in [-0.2, -0.15) is 5.10 Å². The highest BCUT2D eigenvalue weighted by molar-refractivity contribution is 6.30. The van der Waals surface area contributed by atoms with Crippen LogP contribution in [0.1, 0.15) is 32.6 Å². The Kier molecular flexibility index (Phi) is 6.62. The van der Waals surface area contributed by atoms with Crippen LogP contribution in [-0.2, 0) is 16.1 Å². The topological polar surface area (TPSA) is 87.8 Å². The van der Waals surface area contributed by atoms with E-state index in [9.17, 15) is 5.11 Å². The Morgan fingerprint density at radius 2 is 2.04 bits per heavy atom. The molecule has 0 aromatic carbocycles. The lowest BCUT2D eigenvalue weighted by molar-refractivity contribution is -0.172. The van der Waals surface area contributed by atoms with Gasteiger partial charge in [-0.25, -0.2) is 0 Å². The van der Waals surface area contributed by atoms with Gasteiger partial charge in [0.2, 0.25) is 0 Å². The minimum atomic E-state index is -0.563. The van der Waals surface area contributed by atoms with E-state index >= 15 is 0 Å². The van der Waals surface area contributed by atoms with Crippen LogP contribution < -0.4 is 0 Å². The molecule has 0 bridgehead atoms. The van der Waals surface area contributed by atoms with Gasteiger partial charge in [-0.3, -0.25) is 9.48 Å². The van der Waals surface area contributed by atoms with Crippen molar-refractivity contribution in [3.8, 4) is 0 Å². The molecule has 2 N–H and O–H groups in total. The first-order chi connectivity index (χ1) is 11.4. The van der Waals surface area contributed by atoms with Gasteiger partial charge in [-0.1, -0.05) is 11.6 Å². The van der Waals surface area contributed by atoms with E-state index in [1.807, 2.05) is 17.8 Å². The molecule has 1 aromatic heterocycles. The van der Waals surface area contributed by atoms with E-state index in [0.717, 1.165) is 51.9 Å². The second-order valence-electron chi connectivity index (χ2n) is 6.82. The maximum absolute atomic E-state index is 10.3. The number of piperidine rings is 1. The van der Waals surface area contributed by atoms with Gasteiger partial charge >= 0.3 is 0 Å². The first-order valence-electron chi connectivity index (χ1n) is 8.23. The number of carbonyl (C=O) groups is 1. The van der Waals surface area contributed by atoms with Gasteiger partial charge in [0.15, 0.2) is 0 Å². The largest absolute Gasteiger partial charge is 0.483 e. The van der Waals surface area contributed by atoms with Gasteiger partial charge in [0, 0.05) is 32.3 Å². The molecular formula is C16H26ClN3O4. The van der Waals surface area contributed by atoms with E-state index < -0.39 is 5.60 Å². The van der Waals surface area contributed by atoms with Crippen LogP contribution in [0.2, 0.25) is 5.02 Å². The van der Waals surface area contributed by atoms with Crippen LogP contribution in [0.5, 0.6) is 0 Å². The van der Waals surface area contributed by atoms with Gasteiger partial charge in [0.05, 0.1) is 35.6 Å². The summed E-state index contributed by atoms with van der Waals surface area (Å²) >= 11 is 5.87. The summed E-state index contributed by atoms with van der Waals surface area (Å²) < 4.78 is 7.92. The number of hydrogen-bond acceptors (Lipinski definition) is 5. The average molecular weight is 360 g/mol. The Labute approximate surface area is 147 Å². The molecule has 1 aromatic rings. The molecule has 2 aliphatic rings. The fourth-order valence-electron chi connectivity index (χ4n) is 3.53. The fraction of sp³-hybridized carbons (Fsp3) is 0.750. The maximum atomic E-state index is 10.3. The molecule has 8 heteroatoms. The van der Waals surface area contributed by atoms with E-state index in [2.05, 4.69) is 10.00 Å². The van der Waals surface area contributed by atoms with Gasteiger partial charge < -0.3 is 19.8 Å². The smallest absolute Gasteiger partial charge is 0.290 e. The molecule has 1 spiro atoms. The Bertz CT molecular complexity index is 527. The van der Waals surface area contributed by atoms with Crippen molar-refractivity contribution >= 4 is 18.1 Å². The molecule has 0 radical (unpaired) electrons. The lowest BCUT2D eigenvalue weighted by atomic mass is 9.78. The van der Waals surface area contributed by atoms with Crippen molar-refractivity contribution in [3.05, 3.63) is 17.4 Å². The van der Waals surface area contributed by atoms with E-state index in [4.69, 9.17) is 26.2 Å². The Morgan fingerprint density at radius 3 is 2.58 bits per heavy atom.